The molecule has 0 spiro atoms. The Bertz CT molecular complexity index is 849. The average molecular weight is 330 g/mol. The van der Waals surface area contributed by atoms with Gasteiger partial charge >= 0.3 is 0 Å². The molecule has 118 valence electrons. The number of ether oxygens (including phenoxy) is 1. The van der Waals surface area contributed by atoms with Crippen molar-refractivity contribution >= 4 is 28.5 Å². The first-order valence-electron chi connectivity index (χ1n) is 7.54. The maximum atomic E-state index is 6.26. The number of H-pyrrole nitrogens is 1. The van der Waals surface area contributed by atoms with Crippen molar-refractivity contribution in [3.8, 4) is 11.4 Å². The van der Waals surface area contributed by atoms with Gasteiger partial charge < -0.3 is 14.6 Å². The minimum atomic E-state index is 0.257. The van der Waals surface area contributed by atoms with Crippen LogP contribution in [0.5, 0.6) is 0 Å². The van der Waals surface area contributed by atoms with Crippen molar-refractivity contribution in [2.75, 3.05) is 24.7 Å². The topological polar surface area (TPSA) is 66.9 Å². The molecular formula is C16H16ClN5O. The van der Waals surface area contributed by atoms with Crippen molar-refractivity contribution in [2.45, 2.75) is 13.0 Å². The second-order valence-electron chi connectivity index (χ2n) is 5.59. The van der Waals surface area contributed by atoms with E-state index in [1.54, 1.807) is 6.20 Å². The lowest BCUT2D eigenvalue weighted by atomic mass is 10.1. The Morgan fingerprint density at radius 2 is 2.26 bits per heavy atom. The monoisotopic (exact) mass is 329 g/mol. The number of fused-ring (bicyclic) bond motifs is 1. The molecule has 1 atom stereocenters. The number of halogens is 1. The zero-order valence-corrected chi connectivity index (χ0v) is 13.4. The van der Waals surface area contributed by atoms with Crippen LogP contribution in [0.4, 0.5) is 5.82 Å². The predicted molar refractivity (Wildman–Crippen MR) is 89.8 cm³/mol. The Labute approximate surface area is 138 Å². The number of aromatic nitrogens is 4. The minimum Gasteiger partial charge on any atom is -0.377 e. The molecule has 4 heterocycles. The van der Waals surface area contributed by atoms with Gasteiger partial charge in [0.05, 0.1) is 19.3 Å². The summed E-state index contributed by atoms with van der Waals surface area (Å²) in [6.45, 7) is 4.29. The Kier molecular flexibility index (Phi) is 3.63. The summed E-state index contributed by atoms with van der Waals surface area (Å²) < 4.78 is 5.50. The highest BCUT2D eigenvalue weighted by Crippen LogP contribution is 2.28. The molecule has 4 rings (SSSR count). The number of pyridine rings is 1. The maximum Gasteiger partial charge on any atom is 0.163 e. The summed E-state index contributed by atoms with van der Waals surface area (Å²) in [7, 11) is 0. The fraction of sp³-hybridized carbons (Fsp3) is 0.312. The summed E-state index contributed by atoms with van der Waals surface area (Å²) in [6.07, 6.45) is 3.60. The van der Waals surface area contributed by atoms with Crippen LogP contribution in [0.3, 0.4) is 0 Å². The van der Waals surface area contributed by atoms with Gasteiger partial charge in [-0.3, -0.25) is 0 Å². The molecule has 1 saturated heterocycles. The van der Waals surface area contributed by atoms with E-state index in [9.17, 15) is 0 Å². The van der Waals surface area contributed by atoms with Gasteiger partial charge in [0, 0.05) is 36.0 Å². The van der Waals surface area contributed by atoms with E-state index < -0.39 is 0 Å². The molecule has 0 saturated carbocycles. The zero-order chi connectivity index (χ0) is 15.8. The Hall–Kier alpha value is -2.18. The normalized spacial score (nSPS) is 18.5. The van der Waals surface area contributed by atoms with E-state index in [0.29, 0.717) is 24.2 Å². The third-order valence-electron chi connectivity index (χ3n) is 4.04. The lowest BCUT2D eigenvalue weighted by Gasteiger charge is -2.34. The SMILES string of the molecule is C[C@@H]1COCCN1c1cc(Cl)nc(-c2ccnc3[nH]ccc23)n1. The van der Waals surface area contributed by atoms with Gasteiger partial charge in [-0.05, 0) is 19.1 Å². The minimum absolute atomic E-state index is 0.257. The molecule has 1 fully saturated rings. The first-order chi connectivity index (χ1) is 11.2. The maximum absolute atomic E-state index is 6.26. The molecular weight excluding hydrogens is 314 g/mol. The summed E-state index contributed by atoms with van der Waals surface area (Å²) in [4.78, 5) is 18.8. The lowest BCUT2D eigenvalue weighted by Crippen LogP contribution is -2.44. The number of rotatable bonds is 2. The Morgan fingerprint density at radius 1 is 1.35 bits per heavy atom. The van der Waals surface area contributed by atoms with Crippen LogP contribution in [-0.2, 0) is 4.74 Å². The van der Waals surface area contributed by atoms with E-state index in [2.05, 4.69) is 26.8 Å². The molecule has 23 heavy (non-hydrogen) atoms. The first-order valence-corrected chi connectivity index (χ1v) is 7.91. The molecule has 0 unspecified atom stereocenters. The van der Waals surface area contributed by atoms with Crippen molar-refractivity contribution in [1.29, 1.82) is 0 Å². The van der Waals surface area contributed by atoms with Crippen LogP contribution in [0.25, 0.3) is 22.4 Å². The van der Waals surface area contributed by atoms with Gasteiger partial charge in [0.1, 0.15) is 16.6 Å². The van der Waals surface area contributed by atoms with Crippen molar-refractivity contribution in [1.82, 2.24) is 19.9 Å². The molecule has 0 aromatic carbocycles. The summed E-state index contributed by atoms with van der Waals surface area (Å²) >= 11 is 6.26. The summed E-state index contributed by atoms with van der Waals surface area (Å²) in [5.74, 6) is 1.44. The Balaban J connectivity index is 1.82. The molecule has 0 amide bonds. The van der Waals surface area contributed by atoms with Crippen molar-refractivity contribution in [2.24, 2.45) is 0 Å². The van der Waals surface area contributed by atoms with E-state index in [1.807, 2.05) is 24.4 Å². The van der Waals surface area contributed by atoms with Crippen LogP contribution < -0.4 is 4.90 Å². The number of anilines is 1. The van der Waals surface area contributed by atoms with Crippen LogP contribution in [0.15, 0.2) is 30.6 Å². The second kappa shape index (κ2) is 5.79. The lowest BCUT2D eigenvalue weighted by molar-refractivity contribution is 0.0985. The molecule has 0 aliphatic carbocycles. The highest BCUT2D eigenvalue weighted by molar-refractivity contribution is 6.29. The number of hydrogen-bond acceptors (Lipinski definition) is 5. The number of morpholine rings is 1. The van der Waals surface area contributed by atoms with E-state index in [1.165, 1.54) is 0 Å². The van der Waals surface area contributed by atoms with Crippen molar-refractivity contribution in [3.63, 3.8) is 0 Å². The van der Waals surface area contributed by atoms with Crippen LogP contribution in [0, 0.1) is 0 Å². The largest absolute Gasteiger partial charge is 0.377 e. The molecule has 7 heteroatoms. The molecule has 0 radical (unpaired) electrons. The van der Waals surface area contributed by atoms with E-state index in [-0.39, 0.29) is 6.04 Å². The van der Waals surface area contributed by atoms with Crippen molar-refractivity contribution < 1.29 is 4.74 Å². The second-order valence-corrected chi connectivity index (χ2v) is 5.98. The Morgan fingerprint density at radius 3 is 3.13 bits per heavy atom. The van der Waals surface area contributed by atoms with Gasteiger partial charge in [0.2, 0.25) is 0 Å². The highest BCUT2D eigenvalue weighted by atomic mass is 35.5. The average Bonchev–Trinajstić information content (AvgIpc) is 3.03. The van der Waals surface area contributed by atoms with Crippen LogP contribution in [0.1, 0.15) is 6.92 Å². The van der Waals surface area contributed by atoms with Crippen molar-refractivity contribution in [3.05, 3.63) is 35.7 Å². The molecule has 3 aromatic heterocycles. The summed E-state index contributed by atoms with van der Waals surface area (Å²) in [6, 6.07) is 5.95. The predicted octanol–water partition coefficient (Wildman–Crippen LogP) is 2.90. The third-order valence-corrected chi connectivity index (χ3v) is 4.24. The van der Waals surface area contributed by atoms with E-state index >= 15 is 0 Å². The van der Waals surface area contributed by atoms with Gasteiger partial charge in [0.25, 0.3) is 0 Å². The molecule has 6 nitrogen and oxygen atoms in total. The quantitative estimate of drug-likeness (QED) is 0.732. The van der Waals surface area contributed by atoms with Gasteiger partial charge in [-0.1, -0.05) is 11.6 Å². The molecule has 1 aliphatic heterocycles. The number of nitrogens with zero attached hydrogens (tertiary/aromatic N) is 4. The van der Waals surface area contributed by atoms with Crippen LogP contribution >= 0.6 is 11.6 Å². The van der Waals surface area contributed by atoms with Gasteiger partial charge in [-0.2, -0.15) is 0 Å². The van der Waals surface area contributed by atoms with Gasteiger partial charge in [0.15, 0.2) is 5.82 Å². The van der Waals surface area contributed by atoms with E-state index in [4.69, 9.17) is 21.3 Å². The molecule has 3 aromatic rings. The standard InChI is InChI=1S/C16H16ClN5O/c1-10-9-23-7-6-22(10)14-8-13(17)20-16(21-14)12-3-5-19-15-11(12)2-4-18-15/h2-5,8,10H,6-7,9H2,1H3,(H,18,19)/t10-/m1/s1. The fourth-order valence-corrected chi connectivity index (χ4v) is 3.07. The van der Waals surface area contributed by atoms with E-state index in [0.717, 1.165) is 29.0 Å². The van der Waals surface area contributed by atoms with Gasteiger partial charge in [-0.15, -0.1) is 0 Å². The van der Waals surface area contributed by atoms with Crippen LogP contribution in [-0.4, -0.2) is 45.7 Å². The number of hydrogen-bond donors (Lipinski definition) is 1. The fourth-order valence-electron chi connectivity index (χ4n) is 2.90. The number of nitrogens with one attached hydrogen (secondary N) is 1. The number of aromatic amines is 1. The van der Waals surface area contributed by atoms with Crippen LogP contribution in [0.2, 0.25) is 5.15 Å². The summed E-state index contributed by atoms with van der Waals surface area (Å²) in [5.41, 5.74) is 1.73. The smallest absolute Gasteiger partial charge is 0.163 e. The zero-order valence-electron chi connectivity index (χ0n) is 12.7. The summed E-state index contributed by atoms with van der Waals surface area (Å²) in [5, 5.41) is 1.42. The molecule has 1 N–H and O–H groups in total. The third kappa shape index (κ3) is 2.64. The highest BCUT2D eigenvalue weighted by Gasteiger charge is 2.22. The molecule has 1 aliphatic rings. The van der Waals surface area contributed by atoms with Gasteiger partial charge in [-0.25, -0.2) is 15.0 Å². The first kappa shape index (κ1) is 14.4. The molecule has 0 bridgehead atoms.